The minimum Gasteiger partial charge on any atom is -0.325 e. The molecule has 0 spiro atoms. The molecule has 0 bridgehead atoms. The number of carbonyl (C=O) groups excluding carboxylic acids is 1. The van der Waals surface area contributed by atoms with E-state index in [9.17, 15) is 13.2 Å². The Labute approximate surface area is 170 Å². The fourth-order valence-corrected chi connectivity index (χ4v) is 5.02. The van der Waals surface area contributed by atoms with Gasteiger partial charge in [0, 0.05) is 19.5 Å². The van der Waals surface area contributed by atoms with E-state index in [1.807, 2.05) is 18.4 Å². The quantitative estimate of drug-likeness (QED) is 0.695. The molecule has 1 N–H and O–H groups in total. The van der Waals surface area contributed by atoms with Gasteiger partial charge in [0.15, 0.2) is 0 Å². The zero-order valence-corrected chi connectivity index (χ0v) is 17.6. The third kappa shape index (κ3) is 5.33. The maximum Gasteiger partial charge on any atom is 0.243 e. The Morgan fingerprint density at radius 2 is 1.82 bits per heavy atom. The molecule has 6 nitrogen and oxygen atoms in total. The highest BCUT2D eigenvalue weighted by Crippen LogP contribution is 2.21. The normalized spacial score (nSPS) is 15.3. The van der Waals surface area contributed by atoms with E-state index in [2.05, 4.69) is 10.3 Å². The number of hydrogen-bond donors (Lipinski definition) is 1. The van der Waals surface area contributed by atoms with Gasteiger partial charge in [-0.1, -0.05) is 18.6 Å². The van der Waals surface area contributed by atoms with Crippen LogP contribution in [-0.4, -0.2) is 43.0 Å². The first-order chi connectivity index (χ1) is 13.5. The minimum atomic E-state index is -3.41. The second-order valence-corrected chi connectivity index (χ2v) is 9.51. The third-order valence-corrected chi connectivity index (χ3v) is 7.32. The van der Waals surface area contributed by atoms with E-state index in [1.165, 1.54) is 0 Å². The summed E-state index contributed by atoms with van der Waals surface area (Å²) in [4.78, 5) is 16.7. The Bertz CT molecular complexity index is 891. The largest absolute Gasteiger partial charge is 0.325 e. The number of hydrogen-bond acceptors (Lipinski definition) is 5. The predicted octanol–water partition coefficient (Wildman–Crippen LogP) is 3.55. The van der Waals surface area contributed by atoms with Crippen LogP contribution >= 0.6 is 11.8 Å². The number of nitrogens with zero attached hydrogens (tertiary/aromatic N) is 2. The molecule has 2 aromatic rings. The lowest BCUT2D eigenvalue weighted by Gasteiger charge is -2.25. The summed E-state index contributed by atoms with van der Waals surface area (Å²) in [5, 5.41) is 3.73. The lowest BCUT2D eigenvalue weighted by molar-refractivity contribution is -0.116. The fourth-order valence-electron chi connectivity index (χ4n) is 3.14. The SMILES string of the molecule is CSc1ccc(NC(=O)CCc2ccc(S(=O)(=O)N3CCCCC3)cc2)cn1. The highest BCUT2D eigenvalue weighted by Gasteiger charge is 2.25. The van der Waals surface area contributed by atoms with Crippen molar-refractivity contribution in [2.45, 2.75) is 42.0 Å². The van der Waals surface area contributed by atoms with Crippen molar-refractivity contribution in [2.75, 3.05) is 24.7 Å². The number of nitrogens with one attached hydrogen (secondary N) is 1. The van der Waals surface area contributed by atoms with Gasteiger partial charge in [0.2, 0.25) is 15.9 Å². The Hall–Kier alpha value is -1.90. The Morgan fingerprint density at radius 3 is 2.43 bits per heavy atom. The zero-order valence-electron chi connectivity index (χ0n) is 15.9. The number of sulfonamides is 1. The van der Waals surface area contributed by atoms with Crippen LogP contribution in [0.5, 0.6) is 0 Å². The second kappa shape index (κ2) is 9.54. The van der Waals surface area contributed by atoms with Crippen molar-refractivity contribution in [3.63, 3.8) is 0 Å². The van der Waals surface area contributed by atoms with Gasteiger partial charge in [0.1, 0.15) is 0 Å². The lowest BCUT2D eigenvalue weighted by Crippen LogP contribution is -2.35. The molecule has 2 heterocycles. The molecule has 0 unspecified atom stereocenters. The first-order valence-electron chi connectivity index (χ1n) is 9.38. The molecule has 150 valence electrons. The van der Waals surface area contributed by atoms with E-state index >= 15 is 0 Å². The summed E-state index contributed by atoms with van der Waals surface area (Å²) in [5.41, 5.74) is 1.61. The molecule has 0 saturated carbocycles. The summed E-state index contributed by atoms with van der Waals surface area (Å²) in [7, 11) is -3.41. The summed E-state index contributed by atoms with van der Waals surface area (Å²) in [5.74, 6) is -0.0938. The van der Waals surface area contributed by atoms with Crippen molar-refractivity contribution in [1.82, 2.24) is 9.29 Å². The highest BCUT2D eigenvalue weighted by atomic mass is 32.2. The summed E-state index contributed by atoms with van der Waals surface area (Å²) in [6.45, 7) is 1.19. The van der Waals surface area contributed by atoms with Gasteiger partial charge in [-0.25, -0.2) is 13.4 Å². The summed E-state index contributed by atoms with van der Waals surface area (Å²) in [6.07, 6.45) is 7.39. The van der Waals surface area contributed by atoms with E-state index in [0.717, 1.165) is 29.9 Å². The fraction of sp³-hybridized carbons (Fsp3) is 0.400. The van der Waals surface area contributed by atoms with Gasteiger partial charge in [0.25, 0.3) is 0 Å². The van der Waals surface area contributed by atoms with Crippen molar-refractivity contribution < 1.29 is 13.2 Å². The molecule has 1 aromatic carbocycles. The van der Waals surface area contributed by atoms with E-state index < -0.39 is 10.0 Å². The first kappa shape index (κ1) is 20.8. The number of pyridine rings is 1. The molecule has 1 amide bonds. The summed E-state index contributed by atoms with van der Waals surface area (Å²) < 4.78 is 26.9. The average molecular weight is 420 g/mol. The molecule has 1 aromatic heterocycles. The number of benzene rings is 1. The van der Waals surface area contributed by atoms with Gasteiger partial charge in [-0.2, -0.15) is 4.31 Å². The maximum atomic E-state index is 12.7. The third-order valence-electron chi connectivity index (χ3n) is 4.75. The van der Waals surface area contributed by atoms with Crippen LogP contribution in [0.4, 0.5) is 5.69 Å². The van der Waals surface area contributed by atoms with Crippen LogP contribution < -0.4 is 5.32 Å². The number of aryl methyl sites for hydroxylation is 1. The van der Waals surface area contributed by atoms with Crippen molar-refractivity contribution in [2.24, 2.45) is 0 Å². The van der Waals surface area contributed by atoms with E-state index in [-0.39, 0.29) is 5.91 Å². The van der Waals surface area contributed by atoms with E-state index in [1.54, 1.807) is 46.5 Å². The Morgan fingerprint density at radius 1 is 1.11 bits per heavy atom. The molecule has 0 aliphatic carbocycles. The monoisotopic (exact) mass is 419 g/mol. The van der Waals surface area contributed by atoms with Crippen LogP contribution in [0.2, 0.25) is 0 Å². The van der Waals surface area contributed by atoms with Gasteiger partial charge < -0.3 is 5.32 Å². The summed E-state index contributed by atoms with van der Waals surface area (Å²) in [6, 6.07) is 10.6. The molecule has 8 heteroatoms. The molecule has 1 aliphatic heterocycles. The van der Waals surface area contributed by atoms with Gasteiger partial charge >= 0.3 is 0 Å². The van der Waals surface area contributed by atoms with E-state index in [0.29, 0.717) is 36.5 Å². The minimum absolute atomic E-state index is 0.0938. The molecule has 28 heavy (non-hydrogen) atoms. The smallest absolute Gasteiger partial charge is 0.243 e. The van der Waals surface area contributed by atoms with Crippen molar-refractivity contribution >= 4 is 33.4 Å². The Balaban J connectivity index is 1.54. The number of rotatable bonds is 7. The number of aromatic nitrogens is 1. The maximum absolute atomic E-state index is 12.7. The van der Waals surface area contributed by atoms with E-state index in [4.69, 9.17) is 0 Å². The number of anilines is 1. The van der Waals surface area contributed by atoms with Crippen molar-refractivity contribution in [3.8, 4) is 0 Å². The topological polar surface area (TPSA) is 79.4 Å². The van der Waals surface area contributed by atoms with Gasteiger partial charge in [-0.3, -0.25) is 4.79 Å². The number of carbonyl (C=O) groups is 1. The highest BCUT2D eigenvalue weighted by molar-refractivity contribution is 7.98. The van der Waals surface area contributed by atoms with Crippen molar-refractivity contribution in [1.29, 1.82) is 0 Å². The number of piperidine rings is 1. The van der Waals surface area contributed by atoms with Gasteiger partial charge in [-0.15, -0.1) is 11.8 Å². The Kier molecular flexibility index (Phi) is 7.09. The van der Waals surface area contributed by atoms with Crippen LogP contribution in [0.25, 0.3) is 0 Å². The standard InChI is InChI=1S/C20H25N3O3S2/c1-27-20-12-8-17(15-21-20)22-19(24)11-7-16-5-9-18(10-6-16)28(25,26)23-13-3-2-4-14-23/h5-6,8-10,12,15H,2-4,7,11,13-14H2,1H3,(H,22,24). The number of thioether (sulfide) groups is 1. The molecule has 1 fully saturated rings. The lowest BCUT2D eigenvalue weighted by atomic mass is 10.1. The van der Waals surface area contributed by atoms with Crippen LogP contribution in [0.3, 0.4) is 0 Å². The second-order valence-electron chi connectivity index (χ2n) is 6.75. The first-order valence-corrected chi connectivity index (χ1v) is 12.0. The molecule has 1 saturated heterocycles. The van der Waals surface area contributed by atoms with Gasteiger partial charge in [-0.05, 0) is 55.3 Å². The van der Waals surface area contributed by atoms with Gasteiger partial charge in [0.05, 0.1) is 21.8 Å². The van der Waals surface area contributed by atoms with Crippen LogP contribution in [0.1, 0.15) is 31.2 Å². The molecular formula is C20H25N3O3S2. The number of amides is 1. The molecule has 1 aliphatic rings. The van der Waals surface area contributed by atoms with Crippen LogP contribution in [0.15, 0.2) is 52.5 Å². The van der Waals surface area contributed by atoms with Crippen molar-refractivity contribution in [3.05, 3.63) is 48.2 Å². The zero-order chi connectivity index (χ0) is 20.0. The molecular weight excluding hydrogens is 394 g/mol. The molecule has 0 atom stereocenters. The van der Waals surface area contributed by atoms with Crippen LogP contribution in [-0.2, 0) is 21.2 Å². The average Bonchev–Trinajstić information content (AvgIpc) is 2.74. The predicted molar refractivity (Wildman–Crippen MR) is 112 cm³/mol. The molecule has 0 radical (unpaired) electrons. The van der Waals surface area contributed by atoms with Crippen LogP contribution in [0, 0.1) is 0 Å². The summed E-state index contributed by atoms with van der Waals surface area (Å²) >= 11 is 1.55. The molecule has 3 rings (SSSR count).